The van der Waals surface area contributed by atoms with Crippen LogP contribution >= 0.6 is 0 Å². The Bertz CT molecular complexity index is 559. The molecule has 5 heteroatoms. The highest BCUT2D eigenvalue weighted by molar-refractivity contribution is 5.34. The molecule has 2 aromatic rings. The van der Waals surface area contributed by atoms with Crippen LogP contribution in [0.4, 0.5) is 0 Å². The van der Waals surface area contributed by atoms with Gasteiger partial charge in [0.1, 0.15) is 0 Å². The summed E-state index contributed by atoms with van der Waals surface area (Å²) in [6.07, 6.45) is 5.60. The van der Waals surface area contributed by atoms with Crippen LogP contribution in [0, 0.1) is 0 Å². The summed E-state index contributed by atoms with van der Waals surface area (Å²) in [5.41, 5.74) is 2.53. The molecule has 0 radical (unpaired) electrons. The molecule has 1 aromatic carbocycles. The van der Waals surface area contributed by atoms with Gasteiger partial charge in [0.2, 0.25) is 0 Å². The molecule has 1 fully saturated rings. The molecule has 2 heterocycles. The van der Waals surface area contributed by atoms with Crippen molar-refractivity contribution in [2.24, 2.45) is 0 Å². The van der Waals surface area contributed by atoms with Crippen molar-refractivity contribution >= 4 is 0 Å². The lowest BCUT2D eigenvalue weighted by molar-refractivity contribution is 0.0786. The van der Waals surface area contributed by atoms with Crippen molar-refractivity contribution < 1.29 is 4.74 Å². The Morgan fingerprint density at radius 1 is 1.04 bits per heavy atom. The molecule has 1 aliphatic heterocycles. The smallest absolute Gasteiger partial charge is 0.0991 e. The fourth-order valence-corrected chi connectivity index (χ4v) is 2.95. The molecule has 1 saturated heterocycles. The number of aromatic nitrogens is 2. The summed E-state index contributed by atoms with van der Waals surface area (Å²) in [6.45, 7) is 10.4. The number of rotatable bonds is 7. The third-order valence-electron chi connectivity index (χ3n) is 4.37. The van der Waals surface area contributed by atoms with Crippen LogP contribution in [0.5, 0.6) is 0 Å². The van der Waals surface area contributed by atoms with Crippen molar-refractivity contribution in [2.75, 3.05) is 45.9 Å². The Morgan fingerprint density at radius 2 is 1.78 bits per heavy atom. The van der Waals surface area contributed by atoms with E-state index >= 15 is 0 Å². The van der Waals surface area contributed by atoms with E-state index in [0.29, 0.717) is 0 Å². The van der Waals surface area contributed by atoms with Crippen molar-refractivity contribution in [1.82, 2.24) is 19.4 Å². The number of benzene rings is 1. The van der Waals surface area contributed by atoms with Crippen molar-refractivity contribution in [2.45, 2.75) is 13.5 Å². The first-order valence-corrected chi connectivity index (χ1v) is 8.45. The van der Waals surface area contributed by atoms with E-state index in [1.165, 1.54) is 5.56 Å². The summed E-state index contributed by atoms with van der Waals surface area (Å²) in [4.78, 5) is 9.11. The molecule has 0 atom stereocenters. The van der Waals surface area contributed by atoms with Crippen LogP contribution in [0.3, 0.4) is 0 Å². The molecule has 0 spiro atoms. The van der Waals surface area contributed by atoms with Crippen LogP contribution in [0.2, 0.25) is 0 Å². The van der Waals surface area contributed by atoms with E-state index in [4.69, 9.17) is 4.74 Å². The monoisotopic (exact) mass is 314 g/mol. The van der Waals surface area contributed by atoms with E-state index in [1.807, 2.05) is 17.1 Å². The molecular weight excluding hydrogens is 288 g/mol. The Kier molecular flexibility index (Phi) is 5.80. The van der Waals surface area contributed by atoms with Crippen LogP contribution in [0.1, 0.15) is 12.5 Å². The summed E-state index contributed by atoms with van der Waals surface area (Å²) in [7, 11) is 0. The standard InChI is InChI=1S/C18H26N4O/c1-2-23-14-13-20-9-11-21(12-10-20)15-17-3-5-18(6-4-17)22-8-7-19-16-22/h3-8,16H,2,9-15H2,1H3. The molecule has 1 aliphatic rings. The van der Waals surface area contributed by atoms with E-state index in [-0.39, 0.29) is 0 Å². The zero-order valence-corrected chi connectivity index (χ0v) is 13.9. The van der Waals surface area contributed by atoms with Crippen molar-refractivity contribution in [3.05, 3.63) is 48.5 Å². The first kappa shape index (κ1) is 16.2. The third kappa shape index (κ3) is 4.64. The number of nitrogens with zero attached hydrogens (tertiary/aromatic N) is 4. The van der Waals surface area contributed by atoms with Crippen molar-refractivity contribution in [1.29, 1.82) is 0 Å². The second-order valence-electron chi connectivity index (χ2n) is 5.95. The maximum Gasteiger partial charge on any atom is 0.0991 e. The Morgan fingerprint density at radius 3 is 2.43 bits per heavy atom. The molecule has 0 amide bonds. The number of ether oxygens (including phenoxy) is 1. The molecule has 23 heavy (non-hydrogen) atoms. The van der Waals surface area contributed by atoms with Gasteiger partial charge in [0.25, 0.3) is 0 Å². The van der Waals surface area contributed by atoms with Crippen LogP contribution in [0.15, 0.2) is 43.0 Å². The number of hydrogen-bond acceptors (Lipinski definition) is 4. The lowest BCUT2D eigenvalue weighted by Crippen LogP contribution is -2.46. The number of piperazine rings is 1. The molecule has 3 rings (SSSR count). The highest BCUT2D eigenvalue weighted by Crippen LogP contribution is 2.12. The normalized spacial score (nSPS) is 16.7. The van der Waals surface area contributed by atoms with E-state index < -0.39 is 0 Å². The van der Waals surface area contributed by atoms with E-state index in [1.54, 1.807) is 6.20 Å². The SMILES string of the molecule is CCOCCN1CCN(Cc2ccc(-n3ccnc3)cc2)CC1. The van der Waals surface area contributed by atoms with Gasteiger partial charge in [-0.25, -0.2) is 4.98 Å². The van der Waals surface area contributed by atoms with Gasteiger partial charge in [0.05, 0.1) is 12.9 Å². The first-order chi connectivity index (χ1) is 11.3. The maximum atomic E-state index is 5.44. The lowest BCUT2D eigenvalue weighted by Gasteiger charge is -2.34. The van der Waals surface area contributed by atoms with Gasteiger partial charge < -0.3 is 9.30 Å². The van der Waals surface area contributed by atoms with Gasteiger partial charge in [-0.3, -0.25) is 9.80 Å². The third-order valence-corrected chi connectivity index (χ3v) is 4.37. The van der Waals surface area contributed by atoms with Gasteiger partial charge >= 0.3 is 0 Å². The summed E-state index contributed by atoms with van der Waals surface area (Å²) >= 11 is 0. The summed E-state index contributed by atoms with van der Waals surface area (Å²) in [5.74, 6) is 0. The van der Waals surface area contributed by atoms with Crippen LogP contribution in [0.25, 0.3) is 5.69 Å². The molecule has 1 aromatic heterocycles. The predicted octanol–water partition coefficient (Wildman–Crippen LogP) is 2.03. The average Bonchev–Trinajstić information content (AvgIpc) is 3.12. The van der Waals surface area contributed by atoms with Crippen LogP contribution in [-0.4, -0.2) is 65.3 Å². The first-order valence-electron chi connectivity index (χ1n) is 8.45. The number of hydrogen-bond donors (Lipinski definition) is 0. The van der Waals surface area contributed by atoms with Gasteiger partial charge in [-0.1, -0.05) is 12.1 Å². The van der Waals surface area contributed by atoms with Gasteiger partial charge in [-0.15, -0.1) is 0 Å². The quantitative estimate of drug-likeness (QED) is 0.732. The lowest BCUT2D eigenvalue weighted by atomic mass is 10.1. The Hall–Kier alpha value is -1.69. The molecule has 0 bridgehead atoms. The van der Waals surface area contributed by atoms with Gasteiger partial charge in [0.15, 0.2) is 0 Å². The van der Waals surface area contributed by atoms with Gasteiger partial charge in [0, 0.05) is 64.0 Å². The number of imidazole rings is 1. The molecule has 0 saturated carbocycles. The predicted molar refractivity (Wildman–Crippen MR) is 91.8 cm³/mol. The average molecular weight is 314 g/mol. The molecule has 5 nitrogen and oxygen atoms in total. The Balaban J connectivity index is 1.45. The second kappa shape index (κ2) is 8.24. The zero-order valence-electron chi connectivity index (χ0n) is 13.9. The van der Waals surface area contributed by atoms with Crippen molar-refractivity contribution in [3.8, 4) is 5.69 Å². The van der Waals surface area contributed by atoms with Gasteiger partial charge in [-0.2, -0.15) is 0 Å². The van der Waals surface area contributed by atoms with Gasteiger partial charge in [-0.05, 0) is 24.6 Å². The molecule has 0 N–H and O–H groups in total. The van der Waals surface area contributed by atoms with E-state index in [9.17, 15) is 0 Å². The zero-order chi connectivity index (χ0) is 15.9. The Labute approximate surface area is 138 Å². The highest BCUT2D eigenvalue weighted by Gasteiger charge is 2.16. The molecule has 0 unspecified atom stereocenters. The fourth-order valence-electron chi connectivity index (χ4n) is 2.95. The fraction of sp³-hybridized carbons (Fsp3) is 0.500. The van der Waals surface area contributed by atoms with Crippen LogP contribution in [-0.2, 0) is 11.3 Å². The highest BCUT2D eigenvalue weighted by atomic mass is 16.5. The molecular formula is C18H26N4O. The van der Waals surface area contributed by atoms with E-state index in [0.717, 1.165) is 58.2 Å². The summed E-state index contributed by atoms with van der Waals surface area (Å²) in [5, 5.41) is 0. The van der Waals surface area contributed by atoms with E-state index in [2.05, 4.69) is 46.0 Å². The second-order valence-corrected chi connectivity index (χ2v) is 5.95. The largest absolute Gasteiger partial charge is 0.380 e. The summed E-state index contributed by atoms with van der Waals surface area (Å²) < 4.78 is 7.47. The molecule has 0 aliphatic carbocycles. The van der Waals surface area contributed by atoms with Crippen molar-refractivity contribution in [3.63, 3.8) is 0 Å². The minimum atomic E-state index is 0.815. The minimum absolute atomic E-state index is 0.815. The molecule has 124 valence electrons. The van der Waals surface area contributed by atoms with Crippen LogP contribution < -0.4 is 0 Å². The summed E-state index contributed by atoms with van der Waals surface area (Å²) in [6, 6.07) is 8.76. The topological polar surface area (TPSA) is 33.5 Å². The maximum absolute atomic E-state index is 5.44. The minimum Gasteiger partial charge on any atom is -0.380 e.